The fraction of sp³-hybridized carbons (Fsp3) is 0.316. The second kappa shape index (κ2) is 6.75. The maximum atomic E-state index is 11.5. The lowest BCUT2D eigenvalue weighted by molar-refractivity contribution is -0.111. The van der Waals surface area contributed by atoms with Crippen LogP contribution < -0.4 is 4.74 Å². The van der Waals surface area contributed by atoms with E-state index in [4.69, 9.17) is 4.74 Å². The molecule has 3 rings (SSSR count). The number of hydrogen-bond acceptors (Lipinski definition) is 3. The summed E-state index contributed by atoms with van der Waals surface area (Å²) in [6.45, 7) is 2.62. The van der Waals surface area contributed by atoms with E-state index in [0.29, 0.717) is 0 Å². The highest BCUT2D eigenvalue weighted by Gasteiger charge is 2.33. The molecule has 1 aliphatic heterocycles. The molecule has 2 aromatic carbocycles. The van der Waals surface area contributed by atoms with Crippen LogP contribution in [0.3, 0.4) is 0 Å². The zero-order valence-electron chi connectivity index (χ0n) is 12.8. The molecule has 0 N–H and O–H groups in total. The Labute approximate surface area is 131 Å². The van der Waals surface area contributed by atoms with Gasteiger partial charge in [-0.25, -0.2) is 0 Å². The number of carbonyl (C=O) groups is 1. The Morgan fingerprint density at radius 3 is 2.68 bits per heavy atom. The van der Waals surface area contributed by atoms with Gasteiger partial charge < -0.3 is 9.53 Å². The van der Waals surface area contributed by atoms with Crippen LogP contribution >= 0.6 is 0 Å². The number of hydrogen-bond donors (Lipinski definition) is 0. The van der Waals surface area contributed by atoms with Crippen molar-refractivity contribution >= 4 is 6.29 Å². The molecule has 3 heteroatoms. The summed E-state index contributed by atoms with van der Waals surface area (Å²) in [6.07, 6.45) is 1.11. The van der Waals surface area contributed by atoms with E-state index in [-0.39, 0.29) is 11.8 Å². The molecule has 1 fully saturated rings. The Hall–Kier alpha value is -2.13. The summed E-state index contributed by atoms with van der Waals surface area (Å²) in [7, 11) is 1.67. The standard InChI is InChI=1S/C19H21NO2/c1-22-18-9-5-8-16(10-18)19-13-20(12-17(19)14-21)11-15-6-3-2-4-7-15/h2-10,14,17,19H,11-13H2,1H3. The highest BCUT2D eigenvalue weighted by atomic mass is 16.5. The minimum atomic E-state index is 0.0517. The van der Waals surface area contributed by atoms with Gasteiger partial charge in [-0.05, 0) is 23.3 Å². The number of benzene rings is 2. The van der Waals surface area contributed by atoms with Crippen LogP contribution in [0.2, 0.25) is 0 Å². The zero-order valence-corrected chi connectivity index (χ0v) is 12.8. The lowest BCUT2D eigenvalue weighted by atomic mass is 9.90. The summed E-state index contributed by atoms with van der Waals surface area (Å²) in [6, 6.07) is 18.5. The van der Waals surface area contributed by atoms with Crippen LogP contribution in [0.15, 0.2) is 54.6 Å². The largest absolute Gasteiger partial charge is 0.497 e. The van der Waals surface area contributed by atoms with Crippen molar-refractivity contribution in [1.82, 2.24) is 4.90 Å². The van der Waals surface area contributed by atoms with Gasteiger partial charge in [0.2, 0.25) is 0 Å². The molecule has 0 saturated carbocycles. The normalized spacial score (nSPS) is 21.7. The van der Waals surface area contributed by atoms with Crippen LogP contribution in [0, 0.1) is 5.92 Å². The van der Waals surface area contributed by atoms with Gasteiger partial charge in [-0.3, -0.25) is 4.90 Å². The van der Waals surface area contributed by atoms with E-state index < -0.39 is 0 Å². The van der Waals surface area contributed by atoms with Crippen LogP contribution in [0.25, 0.3) is 0 Å². The van der Waals surface area contributed by atoms with Crippen LogP contribution in [0.5, 0.6) is 5.75 Å². The van der Waals surface area contributed by atoms with E-state index >= 15 is 0 Å². The number of aldehydes is 1. The van der Waals surface area contributed by atoms with Crippen molar-refractivity contribution in [1.29, 1.82) is 0 Å². The Balaban J connectivity index is 1.75. The van der Waals surface area contributed by atoms with Gasteiger partial charge in [-0.2, -0.15) is 0 Å². The maximum Gasteiger partial charge on any atom is 0.125 e. The van der Waals surface area contributed by atoms with Crippen molar-refractivity contribution in [3.63, 3.8) is 0 Å². The molecule has 1 saturated heterocycles. The number of carbonyl (C=O) groups excluding carboxylic acids is 1. The monoisotopic (exact) mass is 295 g/mol. The first-order valence-corrected chi connectivity index (χ1v) is 7.65. The molecule has 0 aliphatic carbocycles. The number of likely N-dealkylation sites (tertiary alicyclic amines) is 1. The lowest BCUT2D eigenvalue weighted by Crippen LogP contribution is -2.20. The van der Waals surface area contributed by atoms with E-state index in [1.54, 1.807) is 7.11 Å². The predicted octanol–water partition coefficient (Wildman–Crippen LogP) is 3.11. The highest BCUT2D eigenvalue weighted by molar-refractivity contribution is 5.57. The molecule has 0 radical (unpaired) electrons. The van der Waals surface area contributed by atoms with Crippen LogP contribution in [-0.4, -0.2) is 31.4 Å². The molecule has 22 heavy (non-hydrogen) atoms. The Bertz CT molecular complexity index is 626. The topological polar surface area (TPSA) is 29.5 Å². The summed E-state index contributed by atoms with van der Waals surface area (Å²) < 4.78 is 5.30. The minimum absolute atomic E-state index is 0.0517. The number of methoxy groups -OCH3 is 1. The molecular weight excluding hydrogens is 274 g/mol. The highest BCUT2D eigenvalue weighted by Crippen LogP contribution is 2.33. The number of ether oxygens (including phenoxy) is 1. The summed E-state index contributed by atoms with van der Waals surface area (Å²) in [4.78, 5) is 13.8. The fourth-order valence-electron chi connectivity index (χ4n) is 3.25. The molecule has 2 aromatic rings. The van der Waals surface area contributed by atoms with E-state index in [0.717, 1.165) is 31.7 Å². The zero-order chi connectivity index (χ0) is 15.4. The molecule has 2 unspecified atom stereocenters. The SMILES string of the molecule is COc1cccc(C2CN(Cc3ccccc3)CC2C=O)c1. The van der Waals surface area contributed by atoms with E-state index in [1.807, 2.05) is 24.3 Å². The molecule has 1 aliphatic rings. The fourth-order valence-corrected chi connectivity index (χ4v) is 3.25. The van der Waals surface area contributed by atoms with Gasteiger partial charge in [0.15, 0.2) is 0 Å². The van der Waals surface area contributed by atoms with Gasteiger partial charge in [0, 0.05) is 31.5 Å². The number of nitrogens with zero attached hydrogens (tertiary/aromatic N) is 1. The lowest BCUT2D eigenvalue weighted by Gasteiger charge is -2.16. The summed E-state index contributed by atoms with van der Waals surface area (Å²) in [5.74, 6) is 1.15. The third-order valence-corrected chi connectivity index (χ3v) is 4.39. The third kappa shape index (κ3) is 3.20. The second-order valence-electron chi connectivity index (χ2n) is 5.86. The van der Waals surface area contributed by atoms with Crippen molar-refractivity contribution in [3.8, 4) is 5.75 Å². The van der Waals surface area contributed by atoms with E-state index in [1.165, 1.54) is 11.1 Å². The first-order valence-electron chi connectivity index (χ1n) is 7.65. The van der Waals surface area contributed by atoms with Crippen molar-refractivity contribution in [2.45, 2.75) is 12.5 Å². The first-order chi connectivity index (χ1) is 10.8. The van der Waals surface area contributed by atoms with Crippen LogP contribution in [0.1, 0.15) is 17.0 Å². The quantitative estimate of drug-likeness (QED) is 0.794. The molecule has 3 nitrogen and oxygen atoms in total. The molecule has 2 atom stereocenters. The molecule has 0 spiro atoms. The van der Waals surface area contributed by atoms with Crippen molar-refractivity contribution < 1.29 is 9.53 Å². The minimum Gasteiger partial charge on any atom is -0.497 e. The summed E-state index contributed by atoms with van der Waals surface area (Å²) in [5.41, 5.74) is 2.48. The molecule has 0 aromatic heterocycles. The van der Waals surface area contributed by atoms with Crippen LogP contribution in [0.4, 0.5) is 0 Å². The number of rotatable bonds is 5. The molecule has 114 valence electrons. The second-order valence-corrected chi connectivity index (χ2v) is 5.86. The molecule has 0 bridgehead atoms. The van der Waals surface area contributed by atoms with Gasteiger partial charge >= 0.3 is 0 Å². The molecular formula is C19H21NO2. The summed E-state index contributed by atoms with van der Waals surface area (Å²) >= 11 is 0. The Morgan fingerprint density at radius 2 is 1.95 bits per heavy atom. The maximum absolute atomic E-state index is 11.5. The third-order valence-electron chi connectivity index (χ3n) is 4.39. The Morgan fingerprint density at radius 1 is 1.14 bits per heavy atom. The van der Waals surface area contributed by atoms with Gasteiger partial charge in [-0.15, -0.1) is 0 Å². The van der Waals surface area contributed by atoms with Crippen LogP contribution in [-0.2, 0) is 11.3 Å². The van der Waals surface area contributed by atoms with Crippen molar-refractivity contribution in [2.75, 3.05) is 20.2 Å². The van der Waals surface area contributed by atoms with Gasteiger partial charge in [-0.1, -0.05) is 42.5 Å². The predicted molar refractivity (Wildman–Crippen MR) is 87.0 cm³/mol. The van der Waals surface area contributed by atoms with E-state index in [9.17, 15) is 4.79 Å². The van der Waals surface area contributed by atoms with Crippen molar-refractivity contribution in [3.05, 3.63) is 65.7 Å². The van der Waals surface area contributed by atoms with Gasteiger partial charge in [0.25, 0.3) is 0 Å². The molecule has 0 amide bonds. The average molecular weight is 295 g/mol. The Kier molecular flexibility index (Phi) is 4.54. The average Bonchev–Trinajstić information content (AvgIpc) is 2.99. The first kappa shape index (κ1) is 14.8. The molecule has 1 heterocycles. The smallest absolute Gasteiger partial charge is 0.125 e. The van der Waals surface area contributed by atoms with Crippen molar-refractivity contribution in [2.24, 2.45) is 5.92 Å². The summed E-state index contributed by atoms with van der Waals surface area (Å²) in [5, 5.41) is 0. The van der Waals surface area contributed by atoms with Gasteiger partial charge in [0.1, 0.15) is 12.0 Å². The van der Waals surface area contributed by atoms with Gasteiger partial charge in [0.05, 0.1) is 7.11 Å². The van der Waals surface area contributed by atoms with E-state index in [2.05, 4.69) is 35.2 Å².